The number of ether oxygens (including phenoxy) is 2. The SMILES string of the molecule is COc1cc(OC)cc(N2CCC(Nc3cc(C)c([N+](=O)[O-])cn3)C2)c1. The van der Waals surface area contributed by atoms with Crippen LogP contribution in [0.15, 0.2) is 30.5 Å². The molecule has 8 heteroatoms. The van der Waals surface area contributed by atoms with Crippen molar-refractivity contribution >= 4 is 17.2 Å². The van der Waals surface area contributed by atoms with E-state index < -0.39 is 4.92 Å². The van der Waals surface area contributed by atoms with E-state index in [1.165, 1.54) is 6.20 Å². The minimum atomic E-state index is -0.417. The van der Waals surface area contributed by atoms with Gasteiger partial charge in [-0.2, -0.15) is 0 Å². The summed E-state index contributed by atoms with van der Waals surface area (Å²) >= 11 is 0. The zero-order valence-electron chi connectivity index (χ0n) is 15.1. The second-order valence-corrected chi connectivity index (χ2v) is 6.26. The summed E-state index contributed by atoms with van der Waals surface area (Å²) in [4.78, 5) is 16.9. The molecule has 2 heterocycles. The monoisotopic (exact) mass is 358 g/mol. The topological polar surface area (TPSA) is 89.8 Å². The van der Waals surface area contributed by atoms with Crippen LogP contribution in [0.4, 0.5) is 17.2 Å². The van der Waals surface area contributed by atoms with Gasteiger partial charge in [0, 0.05) is 48.6 Å². The van der Waals surface area contributed by atoms with Gasteiger partial charge in [0.1, 0.15) is 23.5 Å². The first-order chi connectivity index (χ1) is 12.5. The number of nitro groups is 1. The lowest BCUT2D eigenvalue weighted by Gasteiger charge is -2.21. The molecule has 1 aliphatic rings. The molecule has 1 fully saturated rings. The molecular formula is C18H22N4O4. The number of pyridine rings is 1. The van der Waals surface area contributed by atoms with Crippen LogP contribution < -0.4 is 19.7 Å². The highest BCUT2D eigenvalue weighted by atomic mass is 16.6. The Morgan fingerprint density at radius 1 is 1.23 bits per heavy atom. The lowest BCUT2D eigenvalue weighted by atomic mass is 10.2. The van der Waals surface area contributed by atoms with Crippen LogP contribution in [0.3, 0.4) is 0 Å². The third-order valence-electron chi connectivity index (χ3n) is 4.52. The van der Waals surface area contributed by atoms with E-state index in [-0.39, 0.29) is 11.7 Å². The van der Waals surface area contributed by atoms with Crippen LogP contribution >= 0.6 is 0 Å². The molecule has 0 bridgehead atoms. The minimum Gasteiger partial charge on any atom is -0.497 e. The number of nitrogens with zero attached hydrogens (tertiary/aromatic N) is 3. The molecule has 3 rings (SSSR count). The fraction of sp³-hybridized carbons (Fsp3) is 0.389. The summed E-state index contributed by atoms with van der Waals surface area (Å²) in [7, 11) is 3.27. The molecule has 0 aliphatic carbocycles. The Balaban J connectivity index is 1.69. The first-order valence-electron chi connectivity index (χ1n) is 8.35. The molecule has 1 saturated heterocycles. The van der Waals surface area contributed by atoms with E-state index in [9.17, 15) is 10.1 Å². The predicted molar refractivity (Wildman–Crippen MR) is 99.4 cm³/mol. The highest BCUT2D eigenvalue weighted by Gasteiger charge is 2.24. The van der Waals surface area contributed by atoms with Crippen molar-refractivity contribution in [3.05, 3.63) is 46.1 Å². The zero-order valence-corrected chi connectivity index (χ0v) is 15.1. The van der Waals surface area contributed by atoms with Crippen LogP contribution in [0.2, 0.25) is 0 Å². The van der Waals surface area contributed by atoms with Gasteiger partial charge in [-0.3, -0.25) is 10.1 Å². The van der Waals surface area contributed by atoms with Crippen LogP contribution in [-0.2, 0) is 0 Å². The summed E-state index contributed by atoms with van der Waals surface area (Å²) in [5.74, 6) is 2.16. The van der Waals surface area contributed by atoms with Crippen LogP contribution in [0, 0.1) is 17.0 Å². The number of benzene rings is 1. The number of rotatable bonds is 6. The van der Waals surface area contributed by atoms with E-state index >= 15 is 0 Å². The molecule has 0 amide bonds. The van der Waals surface area contributed by atoms with Crippen LogP contribution in [-0.4, -0.2) is 43.3 Å². The van der Waals surface area contributed by atoms with E-state index in [0.717, 1.165) is 36.7 Å². The van der Waals surface area contributed by atoms with Gasteiger partial charge >= 0.3 is 0 Å². The maximum Gasteiger partial charge on any atom is 0.290 e. The van der Waals surface area contributed by atoms with Crippen molar-refractivity contribution < 1.29 is 14.4 Å². The fourth-order valence-electron chi connectivity index (χ4n) is 3.12. The zero-order chi connectivity index (χ0) is 18.7. The highest BCUT2D eigenvalue weighted by molar-refractivity contribution is 5.57. The van der Waals surface area contributed by atoms with Crippen LogP contribution in [0.25, 0.3) is 0 Å². The third kappa shape index (κ3) is 3.79. The Hall–Kier alpha value is -3.03. The molecule has 0 radical (unpaired) electrons. The van der Waals surface area contributed by atoms with Crippen molar-refractivity contribution in [1.29, 1.82) is 0 Å². The molecule has 26 heavy (non-hydrogen) atoms. The maximum atomic E-state index is 10.9. The van der Waals surface area contributed by atoms with Crippen molar-refractivity contribution in [1.82, 2.24) is 4.98 Å². The smallest absolute Gasteiger partial charge is 0.290 e. The predicted octanol–water partition coefficient (Wildman–Crippen LogP) is 3.01. The van der Waals surface area contributed by atoms with Crippen molar-refractivity contribution in [2.75, 3.05) is 37.5 Å². The normalized spacial score (nSPS) is 16.4. The van der Waals surface area contributed by atoms with E-state index in [2.05, 4.69) is 15.2 Å². The summed E-state index contributed by atoms with van der Waals surface area (Å²) in [6.07, 6.45) is 2.24. The molecule has 1 aliphatic heterocycles. The van der Waals surface area contributed by atoms with E-state index in [4.69, 9.17) is 9.47 Å². The van der Waals surface area contributed by atoms with Crippen LogP contribution in [0.1, 0.15) is 12.0 Å². The van der Waals surface area contributed by atoms with Gasteiger partial charge in [-0.05, 0) is 19.4 Å². The van der Waals surface area contributed by atoms with Crippen LogP contribution in [0.5, 0.6) is 11.5 Å². The summed E-state index contributed by atoms with van der Waals surface area (Å²) < 4.78 is 10.7. The summed E-state index contributed by atoms with van der Waals surface area (Å²) in [6.45, 7) is 3.41. The number of hydrogen-bond acceptors (Lipinski definition) is 7. The fourth-order valence-corrected chi connectivity index (χ4v) is 3.12. The lowest BCUT2D eigenvalue weighted by molar-refractivity contribution is -0.385. The molecule has 0 spiro atoms. The Morgan fingerprint density at radius 2 is 1.92 bits per heavy atom. The summed E-state index contributed by atoms with van der Waals surface area (Å²) in [5.41, 5.74) is 1.67. The largest absolute Gasteiger partial charge is 0.497 e. The Labute approximate surface area is 151 Å². The summed E-state index contributed by atoms with van der Waals surface area (Å²) in [5, 5.41) is 14.3. The molecule has 1 aromatic heterocycles. The molecule has 2 aromatic rings. The molecule has 8 nitrogen and oxygen atoms in total. The number of methoxy groups -OCH3 is 2. The number of nitrogens with one attached hydrogen (secondary N) is 1. The van der Waals surface area contributed by atoms with Gasteiger partial charge in [0.25, 0.3) is 5.69 Å². The van der Waals surface area contributed by atoms with Gasteiger partial charge in [-0.15, -0.1) is 0 Å². The average Bonchev–Trinajstić information content (AvgIpc) is 3.09. The minimum absolute atomic E-state index is 0.0343. The maximum absolute atomic E-state index is 10.9. The van der Waals surface area contributed by atoms with Gasteiger partial charge in [0.15, 0.2) is 0 Å². The van der Waals surface area contributed by atoms with Gasteiger partial charge < -0.3 is 19.7 Å². The molecule has 0 saturated carbocycles. The highest BCUT2D eigenvalue weighted by Crippen LogP contribution is 2.31. The second kappa shape index (κ2) is 7.47. The quantitative estimate of drug-likeness (QED) is 0.627. The molecule has 1 N–H and O–H groups in total. The van der Waals surface area contributed by atoms with Gasteiger partial charge in [0.05, 0.1) is 19.1 Å². The van der Waals surface area contributed by atoms with Crippen molar-refractivity contribution in [3.8, 4) is 11.5 Å². The Kier molecular flexibility index (Phi) is 5.11. The van der Waals surface area contributed by atoms with Crippen molar-refractivity contribution in [2.45, 2.75) is 19.4 Å². The number of aryl methyl sites for hydroxylation is 1. The van der Waals surface area contributed by atoms with Gasteiger partial charge in [-0.1, -0.05) is 0 Å². The molecule has 138 valence electrons. The summed E-state index contributed by atoms with van der Waals surface area (Å²) in [6, 6.07) is 7.74. The third-order valence-corrected chi connectivity index (χ3v) is 4.52. The van der Waals surface area contributed by atoms with E-state index in [0.29, 0.717) is 11.4 Å². The molecule has 1 aromatic carbocycles. The molecule has 1 atom stereocenters. The lowest BCUT2D eigenvalue weighted by Crippen LogP contribution is -2.26. The van der Waals surface area contributed by atoms with E-state index in [1.54, 1.807) is 27.2 Å². The van der Waals surface area contributed by atoms with E-state index in [1.807, 2.05) is 18.2 Å². The molecule has 1 unspecified atom stereocenters. The standard InChI is InChI=1S/C18H22N4O4/c1-12-6-18(19-10-17(12)22(23)24)20-13-4-5-21(11-13)14-7-15(25-2)9-16(8-14)26-3/h6-10,13H,4-5,11H2,1-3H3,(H,19,20). The number of hydrogen-bond donors (Lipinski definition) is 1. The Bertz CT molecular complexity index is 790. The second-order valence-electron chi connectivity index (χ2n) is 6.26. The average molecular weight is 358 g/mol. The molecular weight excluding hydrogens is 336 g/mol. The van der Waals surface area contributed by atoms with Gasteiger partial charge in [-0.25, -0.2) is 4.98 Å². The first kappa shape index (κ1) is 17.8. The van der Waals surface area contributed by atoms with Gasteiger partial charge in [0.2, 0.25) is 0 Å². The Morgan fingerprint density at radius 3 is 2.50 bits per heavy atom. The first-order valence-corrected chi connectivity index (χ1v) is 8.35. The van der Waals surface area contributed by atoms with Crippen molar-refractivity contribution in [2.24, 2.45) is 0 Å². The number of aromatic nitrogens is 1. The van der Waals surface area contributed by atoms with Crippen molar-refractivity contribution in [3.63, 3.8) is 0 Å². The number of anilines is 2.